The minimum atomic E-state index is -0.180. The lowest BCUT2D eigenvalue weighted by Gasteiger charge is -2.14. The second-order valence-electron chi connectivity index (χ2n) is 5.31. The van der Waals surface area contributed by atoms with Crippen LogP contribution in [0.3, 0.4) is 0 Å². The molecule has 24 heavy (non-hydrogen) atoms. The first-order valence-corrected chi connectivity index (χ1v) is 8.34. The molecule has 1 aromatic carbocycles. The van der Waals surface area contributed by atoms with Crippen molar-refractivity contribution < 1.29 is 9.53 Å². The van der Waals surface area contributed by atoms with Crippen molar-refractivity contribution in [3.8, 4) is 5.75 Å². The van der Waals surface area contributed by atoms with Crippen LogP contribution in [-0.2, 0) is 11.3 Å². The summed E-state index contributed by atoms with van der Waals surface area (Å²) < 4.78 is 6.99. The van der Waals surface area contributed by atoms with Gasteiger partial charge in [-0.15, -0.1) is 11.3 Å². The Balaban J connectivity index is 1.91. The molecular weight excluding hydrogens is 326 g/mol. The third kappa shape index (κ3) is 3.16. The number of aromatic nitrogens is 2. The van der Waals surface area contributed by atoms with Gasteiger partial charge in [-0.3, -0.25) is 9.59 Å². The van der Waals surface area contributed by atoms with E-state index in [9.17, 15) is 9.59 Å². The summed E-state index contributed by atoms with van der Waals surface area (Å²) in [5, 5.41) is 6.01. The highest BCUT2D eigenvalue weighted by atomic mass is 32.1. The summed E-state index contributed by atoms with van der Waals surface area (Å²) in [6.45, 7) is 2.16. The van der Waals surface area contributed by atoms with Crippen LogP contribution in [0.5, 0.6) is 5.75 Å². The predicted molar refractivity (Wildman–Crippen MR) is 94.9 cm³/mol. The van der Waals surface area contributed by atoms with Gasteiger partial charge in [-0.1, -0.05) is 12.1 Å². The number of nitrogens with zero attached hydrogens (tertiary/aromatic N) is 2. The van der Waals surface area contributed by atoms with Crippen LogP contribution in [0, 0.1) is 6.92 Å². The molecule has 0 aliphatic rings. The molecule has 3 rings (SSSR count). The van der Waals surface area contributed by atoms with Crippen molar-refractivity contribution in [2.75, 3.05) is 12.4 Å². The van der Waals surface area contributed by atoms with Gasteiger partial charge in [0, 0.05) is 36.0 Å². The molecule has 3 aromatic rings. The van der Waals surface area contributed by atoms with E-state index in [0.717, 1.165) is 10.9 Å². The van der Waals surface area contributed by atoms with Gasteiger partial charge >= 0.3 is 0 Å². The third-order valence-corrected chi connectivity index (χ3v) is 4.45. The summed E-state index contributed by atoms with van der Waals surface area (Å²) in [6.07, 6.45) is 1.80. The lowest BCUT2D eigenvalue weighted by atomic mass is 10.1. The number of carbonyl (C=O) groups excluding carboxylic acids is 1. The van der Waals surface area contributed by atoms with Crippen molar-refractivity contribution in [3.63, 3.8) is 0 Å². The molecular formula is C17H17N3O3S. The quantitative estimate of drug-likeness (QED) is 0.773. The van der Waals surface area contributed by atoms with Gasteiger partial charge in [0.05, 0.1) is 12.6 Å². The number of methoxy groups -OCH3 is 1. The summed E-state index contributed by atoms with van der Waals surface area (Å²) >= 11 is 1.36. The maximum Gasteiger partial charge on any atom is 0.251 e. The van der Waals surface area contributed by atoms with E-state index >= 15 is 0 Å². The minimum absolute atomic E-state index is 0.147. The maximum atomic E-state index is 12.4. The first kappa shape index (κ1) is 16.2. The van der Waals surface area contributed by atoms with Crippen molar-refractivity contribution in [2.24, 2.45) is 0 Å². The van der Waals surface area contributed by atoms with Gasteiger partial charge < -0.3 is 14.6 Å². The van der Waals surface area contributed by atoms with Crippen LogP contribution >= 0.6 is 11.3 Å². The average Bonchev–Trinajstić information content (AvgIpc) is 3.07. The predicted octanol–water partition coefficient (Wildman–Crippen LogP) is 2.80. The largest absolute Gasteiger partial charge is 0.495 e. The fourth-order valence-corrected chi connectivity index (χ4v) is 3.18. The van der Waals surface area contributed by atoms with E-state index in [1.54, 1.807) is 29.3 Å². The molecule has 0 spiro atoms. The second kappa shape index (κ2) is 6.84. The number of amides is 1. The van der Waals surface area contributed by atoms with Crippen LogP contribution in [0.1, 0.15) is 12.0 Å². The Kier molecular flexibility index (Phi) is 4.61. The Hall–Kier alpha value is -2.67. The van der Waals surface area contributed by atoms with Crippen molar-refractivity contribution in [2.45, 2.75) is 19.9 Å². The number of ether oxygens (including phenoxy) is 1. The number of hydrogen-bond donors (Lipinski definition) is 1. The standard InChI is InChI=1S/C17H17N3O3S/c1-11-10-15(22)20(16-12(11)4-3-5-13(16)23-2)8-6-14(21)19-17-18-7-9-24-17/h3-5,7,9-10H,6,8H2,1-2H3,(H,18,19,21). The first-order chi connectivity index (χ1) is 11.6. The Bertz CT molecular complexity index is 932. The fourth-order valence-electron chi connectivity index (χ4n) is 2.64. The van der Waals surface area contributed by atoms with Crippen LogP contribution in [0.15, 0.2) is 40.6 Å². The normalized spacial score (nSPS) is 10.8. The fraction of sp³-hybridized carbons (Fsp3) is 0.235. The van der Waals surface area contributed by atoms with E-state index in [1.807, 2.05) is 25.1 Å². The lowest BCUT2D eigenvalue weighted by Crippen LogP contribution is -2.24. The highest BCUT2D eigenvalue weighted by molar-refractivity contribution is 7.13. The molecule has 1 amide bonds. The van der Waals surface area contributed by atoms with Crippen LogP contribution in [0.4, 0.5) is 5.13 Å². The number of thiazole rings is 1. The summed E-state index contributed by atoms with van der Waals surface area (Å²) in [6, 6.07) is 7.23. The monoisotopic (exact) mass is 343 g/mol. The lowest BCUT2D eigenvalue weighted by molar-refractivity contribution is -0.116. The Morgan fingerprint density at radius 2 is 2.25 bits per heavy atom. The molecule has 0 saturated carbocycles. The number of para-hydroxylation sites is 1. The Morgan fingerprint density at radius 3 is 2.96 bits per heavy atom. The van der Waals surface area contributed by atoms with Crippen LogP contribution in [-0.4, -0.2) is 22.6 Å². The van der Waals surface area contributed by atoms with E-state index in [2.05, 4.69) is 10.3 Å². The van der Waals surface area contributed by atoms with Crippen LogP contribution in [0.25, 0.3) is 10.9 Å². The minimum Gasteiger partial charge on any atom is -0.495 e. The zero-order valence-electron chi connectivity index (χ0n) is 13.4. The van der Waals surface area contributed by atoms with Crippen molar-refractivity contribution >= 4 is 33.3 Å². The van der Waals surface area contributed by atoms with Gasteiger partial charge in [-0.05, 0) is 18.6 Å². The number of pyridine rings is 1. The Labute approximate surface area is 142 Å². The van der Waals surface area contributed by atoms with Crippen molar-refractivity contribution in [1.82, 2.24) is 9.55 Å². The van der Waals surface area contributed by atoms with Gasteiger partial charge in [0.2, 0.25) is 5.91 Å². The zero-order chi connectivity index (χ0) is 17.1. The van der Waals surface area contributed by atoms with Crippen molar-refractivity contribution in [3.05, 3.63) is 51.8 Å². The number of hydrogen-bond acceptors (Lipinski definition) is 5. The van der Waals surface area contributed by atoms with Gasteiger partial charge in [-0.25, -0.2) is 4.98 Å². The third-order valence-electron chi connectivity index (χ3n) is 3.76. The first-order valence-electron chi connectivity index (χ1n) is 7.46. The summed E-state index contributed by atoms with van der Waals surface area (Å²) in [5.41, 5.74) is 1.45. The van der Waals surface area contributed by atoms with Gasteiger partial charge in [-0.2, -0.15) is 0 Å². The zero-order valence-corrected chi connectivity index (χ0v) is 14.2. The molecule has 0 bridgehead atoms. The molecule has 2 heterocycles. The number of nitrogens with one attached hydrogen (secondary N) is 1. The molecule has 124 valence electrons. The molecule has 0 radical (unpaired) electrons. The molecule has 2 aromatic heterocycles. The molecule has 0 fully saturated rings. The number of aryl methyl sites for hydroxylation is 2. The smallest absolute Gasteiger partial charge is 0.251 e. The molecule has 0 aliphatic heterocycles. The second-order valence-corrected chi connectivity index (χ2v) is 6.20. The molecule has 7 heteroatoms. The molecule has 1 N–H and O–H groups in total. The summed E-state index contributed by atoms with van der Waals surface area (Å²) in [7, 11) is 1.57. The van der Waals surface area contributed by atoms with E-state index < -0.39 is 0 Å². The van der Waals surface area contributed by atoms with E-state index in [1.165, 1.54) is 11.3 Å². The van der Waals surface area contributed by atoms with Gasteiger partial charge in [0.1, 0.15) is 5.75 Å². The van der Waals surface area contributed by atoms with Crippen LogP contribution < -0.4 is 15.6 Å². The van der Waals surface area contributed by atoms with E-state index in [0.29, 0.717) is 16.4 Å². The van der Waals surface area contributed by atoms with Gasteiger partial charge in [0.15, 0.2) is 5.13 Å². The number of benzene rings is 1. The molecule has 0 saturated heterocycles. The van der Waals surface area contributed by atoms with E-state index in [4.69, 9.17) is 4.74 Å². The number of rotatable bonds is 5. The average molecular weight is 343 g/mol. The molecule has 0 aliphatic carbocycles. The van der Waals surface area contributed by atoms with E-state index in [-0.39, 0.29) is 24.4 Å². The number of anilines is 1. The summed E-state index contributed by atoms with van der Waals surface area (Å²) in [4.78, 5) is 28.5. The molecule has 0 atom stereocenters. The Morgan fingerprint density at radius 1 is 1.42 bits per heavy atom. The highest BCUT2D eigenvalue weighted by Crippen LogP contribution is 2.26. The molecule has 6 nitrogen and oxygen atoms in total. The topological polar surface area (TPSA) is 73.2 Å². The van der Waals surface area contributed by atoms with Crippen molar-refractivity contribution in [1.29, 1.82) is 0 Å². The van der Waals surface area contributed by atoms with Crippen LogP contribution in [0.2, 0.25) is 0 Å². The number of carbonyl (C=O) groups is 1. The summed E-state index contributed by atoms with van der Waals surface area (Å²) in [5.74, 6) is 0.439. The SMILES string of the molecule is COc1cccc2c(C)cc(=O)n(CCC(=O)Nc3nccs3)c12. The maximum absolute atomic E-state index is 12.4. The highest BCUT2D eigenvalue weighted by Gasteiger charge is 2.13. The number of fused-ring (bicyclic) bond motifs is 1. The molecule has 0 unspecified atom stereocenters. The van der Waals surface area contributed by atoms with Gasteiger partial charge in [0.25, 0.3) is 5.56 Å².